The van der Waals surface area contributed by atoms with Gasteiger partial charge in [-0.1, -0.05) is 30.0 Å². The number of furan rings is 1. The van der Waals surface area contributed by atoms with Crippen molar-refractivity contribution in [3.8, 4) is 5.75 Å². The minimum atomic E-state index is 0.0332. The number of carbonyl (C=O) groups is 1. The topological polar surface area (TPSA) is 55.0 Å². The zero-order valence-corrected chi connectivity index (χ0v) is 16.1. The molecule has 138 valence electrons. The highest BCUT2D eigenvalue weighted by Gasteiger charge is 2.26. The number of fused-ring (bicyclic) bond motifs is 1. The highest BCUT2D eigenvalue weighted by Crippen LogP contribution is 2.28. The molecule has 5 nitrogen and oxygen atoms in total. The summed E-state index contributed by atoms with van der Waals surface area (Å²) in [5.41, 5.74) is 3.60. The third-order valence-electron chi connectivity index (χ3n) is 4.61. The van der Waals surface area contributed by atoms with E-state index >= 15 is 0 Å². The Hall–Kier alpha value is -2.73. The summed E-state index contributed by atoms with van der Waals surface area (Å²) in [5, 5.41) is 1.71. The van der Waals surface area contributed by atoms with Crippen LogP contribution in [0.5, 0.6) is 5.75 Å². The summed E-state index contributed by atoms with van der Waals surface area (Å²) >= 11 is 1.62. The monoisotopic (exact) mass is 380 g/mol. The Morgan fingerprint density at radius 3 is 2.96 bits per heavy atom. The number of methoxy groups -OCH3 is 1. The van der Waals surface area contributed by atoms with E-state index in [1.54, 1.807) is 30.0 Å². The third kappa shape index (κ3) is 3.57. The van der Waals surface area contributed by atoms with Crippen LogP contribution in [0.2, 0.25) is 0 Å². The lowest BCUT2D eigenvalue weighted by Crippen LogP contribution is -2.32. The number of amides is 1. The predicted molar refractivity (Wildman–Crippen MR) is 109 cm³/mol. The normalized spacial score (nSPS) is 15.6. The summed E-state index contributed by atoms with van der Waals surface area (Å²) < 4.78 is 10.8. The van der Waals surface area contributed by atoms with Gasteiger partial charge in [-0.2, -0.15) is 0 Å². The van der Waals surface area contributed by atoms with Gasteiger partial charge in [-0.05, 0) is 30.7 Å². The summed E-state index contributed by atoms with van der Waals surface area (Å²) in [7, 11) is 1.62. The van der Waals surface area contributed by atoms with Crippen molar-refractivity contribution in [3.63, 3.8) is 0 Å². The summed E-state index contributed by atoms with van der Waals surface area (Å²) in [6, 6.07) is 13.6. The molecule has 1 aliphatic heterocycles. The second-order valence-corrected chi connectivity index (χ2v) is 7.44. The molecule has 1 aromatic heterocycles. The van der Waals surface area contributed by atoms with Gasteiger partial charge in [-0.3, -0.25) is 9.69 Å². The minimum absolute atomic E-state index is 0.0332. The van der Waals surface area contributed by atoms with Crippen molar-refractivity contribution in [2.24, 2.45) is 4.99 Å². The van der Waals surface area contributed by atoms with Gasteiger partial charge >= 0.3 is 0 Å². The van der Waals surface area contributed by atoms with Gasteiger partial charge < -0.3 is 9.15 Å². The number of rotatable bonds is 4. The van der Waals surface area contributed by atoms with Crippen LogP contribution >= 0.6 is 11.8 Å². The zero-order valence-electron chi connectivity index (χ0n) is 15.3. The van der Waals surface area contributed by atoms with Crippen molar-refractivity contribution in [2.45, 2.75) is 13.3 Å². The fourth-order valence-corrected chi connectivity index (χ4v) is 4.07. The number of aliphatic imine (C=N–C) groups is 1. The largest absolute Gasteiger partial charge is 0.497 e. The SMILES string of the molecule is COc1ccc2c(CC(=O)N3CCSC3=Nc3ccccc3C)coc2c1. The van der Waals surface area contributed by atoms with Crippen molar-refractivity contribution in [1.29, 1.82) is 0 Å². The number of hydrogen-bond donors (Lipinski definition) is 0. The Morgan fingerprint density at radius 1 is 1.30 bits per heavy atom. The van der Waals surface area contributed by atoms with Crippen LogP contribution in [-0.2, 0) is 11.2 Å². The molecule has 0 bridgehead atoms. The highest BCUT2D eigenvalue weighted by molar-refractivity contribution is 8.14. The van der Waals surface area contributed by atoms with Gasteiger partial charge in [-0.15, -0.1) is 0 Å². The average Bonchev–Trinajstić information content (AvgIpc) is 3.30. The summed E-state index contributed by atoms with van der Waals surface area (Å²) in [6.45, 7) is 2.70. The first-order valence-corrected chi connectivity index (χ1v) is 9.76. The standard InChI is InChI=1S/C21H20N2O3S/c1-14-5-3-4-6-18(14)22-21-23(9-10-27-21)20(24)11-15-13-26-19-12-16(25-2)7-8-17(15)19/h3-8,12-13H,9-11H2,1-2H3. The van der Waals surface area contributed by atoms with Crippen molar-refractivity contribution in [2.75, 3.05) is 19.4 Å². The molecule has 6 heteroatoms. The Bertz CT molecular complexity index is 1030. The van der Waals surface area contributed by atoms with Crippen LogP contribution in [0, 0.1) is 6.92 Å². The molecular weight excluding hydrogens is 360 g/mol. The van der Waals surface area contributed by atoms with Gasteiger partial charge in [0.15, 0.2) is 5.17 Å². The first-order chi connectivity index (χ1) is 13.2. The number of thioether (sulfide) groups is 1. The first kappa shape index (κ1) is 17.7. The van der Waals surface area contributed by atoms with Crippen molar-refractivity contribution in [1.82, 2.24) is 4.90 Å². The molecule has 27 heavy (non-hydrogen) atoms. The van der Waals surface area contributed by atoms with Crippen LogP contribution in [0.4, 0.5) is 5.69 Å². The van der Waals surface area contributed by atoms with E-state index in [4.69, 9.17) is 14.1 Å². The molecule has 1 amide bonds. The quantitative estimate of drug-likeness (QED) is 0.666. The van der Waals surface area contributed by atoms with E-state index in [0.717, 1.165) is 44.5 Å². The molecular formula is C21H20N2O3S. The van der Waals surface area contributed by atoms with Gasteiger partial charge in [0, 0.05) is 29.3 Å². The Kier molecular flexibility index (Phi) is 4.90. The number of nitrogens with zero attached hydrogens (tertiary/aromatic N) is 2. The number of ether oxygens (including phenoxy) is 1. The molecule has 0 N–H and O–H groups in total. The van der Waals surface area contributed by atoms with Gasteiger partial charge in [-0.25, -0.2) is 4.99 Å². The molecule has 3 aromatic rings. The predicted octanol–water partition coefficient (Wildman–Crippen LogP) is 4.56. The van der Waals surface area contributed by atoms with E-state index in [0.29, 0.717) is 6.54 Å². The number of para-hydroxylation sites is 1. The summed E-state index contributed by atoms with van der Waals surface area (Å²) in [5.74, 6) is 1.63. The zero-order chi connectivity index (χ0) is 18.8. The van der Waals surface area contributed by atoms with Gasteiger partial charge in [0.05, 0.1) is 25.5 Å². The van der Waals surface area contributed by atoms with Crippen LogP contribution in [0.25, 0.3) is 11.0 Å². The van der Waals surface area contributed by atoms with E-state index in [1.807, 2.05) is 49.4 Å². The molecule has 0 spiro atoms. The average molecular weight is 380 g/mol. The number of hydrogen-bond acceptors (Lipinski definition) is 5. The highest BCUT2D eigenvalue weighted by atomic mass is 32.2. The number of benzene rings is 2. The van der Waals surface area contributed by atoms with Crippen molar-refractivity contribution >= 4 is 39.5 Å². The van der Waals surface area contributed by atoms with E-state index in [-0.39, 0.29) is 12.3 Å². The van der Waals surface area contributed by atoms with Crippen LogP contribution < -0.4 is 4.74 Å². The minimum Gasteiger partial charge on any atom is -0.497 e. The maximum atomic E-state index is 12.9. The lowest BCUT2D eigenvalue weighted by molar-refractivity contribution is -0.126. The molecule has 1 fully saturated rings. The van der Waals surface area contributed by atoms with E-state index in [1.165, 1.54) is 0 Å². The lowest BCUT2D eigenvalue weighted by atomic mass is 10.1. The number of aryl methyl sites for hydroxylation is 1. The van der Waals surface area contributed by atoms with Crippen LogP contribution in [-0.4, -0.2) is 35.4 Å². The van der Waals surface area contributed by atoms with E-state index in [2.05, 4.69) is 0 Å². The number of amidine groups is 1. The fourth-order valence-electron chi connectivity index (χ4n) is 3.10. The summed E-state index contributed by atoms with van der Waals surface area (Å²) in [6.07, 6.45) is 1.94. The maximum absolute atomic E-state index is 12.9. The molecule has 0 unspecified atom stereocenters. The molecule has 2 heterocycles. The van der Waals surface area contributed by atoms with Crippen molar-refractivity contribution in [3.05, 3.63) is 59.9 Å². The van der Waals surface area contributed by atoms with E-state index < -0.39 is 0 Å². The van der Waals surface area contributed by atoms with Crippen LogP contribution in [0.15, 0.2) is 58.1 Å². The summed E-state index contributed by atoms with van der Waals surface area (Å²) in [4.78, 5) is 19.4. The number of carbonyl (C=O) groups excluding carboxylic acids is 1. The van der Waals surface area contributed by atoms with E-state index in [9.17, 15) is 4.79 Å². The fraction of sp³-hybridized carbons (Fsp3) is 0.238. The second kappa shape index (κ2) is 7.48. The van der Waals surface area contributed by atoms with Crippen molar-refractivity contribution < 1.29 is 13.9 Å². The molecule has 2 aromatic carbocycles. The maximum Gasteiger partial charge on any atom is 0.233 e. The molecule has 0 atom stereocenters. The van der Waals surface area contributed by atoms with Gasteiger partial charge in [0.25, 0.3) is 0 Å². The Balaban J connectivity index is 1.56. The van der Waals surface area contributed by atoms with Crippen LogP contribution in [0.3, 0.4) is 0 Å². The molecule has 1 saturated heterocycles. The molecule has 1 aliphatic rings. The molecule has 0 radical (unpaired) electrons. The third-order valence-corrected chi connectivity index (χ3v) is 5.57. The van der Waals surface area contributed by atoms with Gasteiger partial charge in [0.1, 0.15) is 11.3 Å². The van der Waals surface area contributed by atoms with Crippen LogP contribution in [0.1, 0.15) is 11.1 Å². The molecule has 4 rings (SSSR count). The smallest absolute Gasteiger partial charge is 0.233 e. The first-order valence-electron chi connectivity index (χ1n) is 8.77. The Labute approximate surface area is 162 Å². The lowest BCUT2D eigenvalue weighted by Gasteiger charge is -2.16. The molecule has 0 aliphatic carbocycles. The molecule has 0 saturated carbocycles. The Morgan fingerprint density at radius 2 is 2.15 bits per heavy atom. The second-order valence-electron chi connectivity index (χ2n) is 6.37. The van der Waals surface area contributed by atoms with Gasteiger partial charge in [0.2, 0.25) is 5.91 Å².